The smallest absolute Gasteiger partial charge is 0.317 e. The molecule has 0 aliphatic rings. The number of aliphatic carboxylic acids is 1. The maximum atomic E-state index is 10.6. The second-order valence-electron chi connectivity index (χ2n) is 3.09. The van der Waals surface area contributed by atoms with Crippen molar-refractivity contribution in [3.8, 4) is 0 Å². The Bertz CT molecular complexity index is 347. The van der Waals surface area contributed by atoms with Crippen LogP contribution in [0.15, 0.2) is 0 Å². The van der Waals surface area contributed by atoms with E-state index in [1.165, 1.54) is 0 Å². The zero-order valence-corrected chi connectivity index (χ0v) is 10.3. The summed E-state index contributed by atoms with van der Waals surface area (Å²) in [6, 6.07) is 0. The van der Waals surface area contributed by atoms with E-state index in [4.69, 9.17) is 21.4 Å². The summed E-state index contributed by atoms with van der Waals surface area (Å²) >= 11 is 6.93. The van der Waals surface area contributed by atoms with Crippen LogP contribution in [0.5, 0.6) is 0 Å². The Kier molecular flexibility index (Phi) is 5.61. The molecule has 16 heavy (non-hydrogen) atoms. The summed E-state index contributed by atoms with van der Waals surface area (Å²) in [4.78, 5) is 12.3. The van der Waals surface area contributed by atoms with Gasteiger partial charge >= 0.3 is 5.97 Å². The zero-order valence-electron chi connectivity index (χ0n) is 8.72. The van der Waals surface area contributed by atoms with Crippen molar-refractivity contribution in [3.63, 3.8) is 0 Å². The van der Waals surface area contributed by atoms with Crippen LogP contribution in [0.3, 0.4) is 0 Å². The van der Waals surface area contributed by atoms with Gasteiger partial charge in [0.1, 0.15) is 10.0 Å². The number of ether oxygens (including phenoxy) is 1. The van der Waals surface area contributed by atoms with E-state index >= 15 is 0 Å². The average molecular weight is 266 g/mol. The highest BCUT2D eigenvalue weighted by atomic mass is 35.5. The predicted molar refractivity (Wildman–Crippen MR) is 59.7 cm³/mol. The molecular weight excluding hydrogens is 254 g/mol. The molecule has 0 bridgehead atoms. The quantitative estimate of drug-likeness (QED) is 0.783. The molecule has 0 spiro atoms. The number of hydrogen-bond acceptors (Lipinski definition) is 6. The molecule has 1 aromatic heterocycles. The number of halogens is 1. The van der Waals surface area contributed by atoms with E-state index < -0.39 is 5.97 Å². The number of rotatable bonds is 7. The Morgan fingerprint density at radius 3 is 2.94 bits per heavy atom. The molecular formula is C8H12ClN3O3S. The topological polar surface area (TPSA) is 75.5 Å². The second kappa shape index (κ2) is 6.74. The van der Waals surface area contributed by atoms with Crippen molar-refractivity contribution in [2.75, 3.05) is 26.8 Å². The number of carbonyl (C=O) groups is 1. The average Bonchev–Trinajstić information content (AvgIpc) is 2.60. The SMILES string of the molecule is COCCN(CC(=O)O)Cc1nnsc1Cl. The van der Waals surface area contributed by atoms with Crippen molar-refractivity contribution in [2.24, 2.45) is 0 Å². The van der Waals surface area contributed by atoms with Crippen LogP contribution in [0.25, 0.3) is 0 Å². The lowest BCUT2D eigenvalue weighted by molar-refractivity contribution is -0.138. The molecule has 0 aliphatic carbocycles. The van der Waals surface area contributed by atoms with Gasteiger partial charge in [0, 0.05) is 31.7 Å². The van der Waals surface area contributed by atoms with Crippen molar-refractivity contribution in [2.45, 2.75) is 6.54 Å². The second-order valence-corrected chi connectivity index (χ2v) is 4.45. The first kappa shape index (κ1) is 13.3. The third kappa shape index (κ3) is 4.40. The Balaban J connectivity index is 2.55. The summed E-state index contributed by atoms with van der Waals surface area (Å²) in [5.74, 6) is -0.893. The fraction of sp³-hybridized carbons (Fsp3) is 0.625. The van der Waals surface area contributed by atoms with Crippen LogP contribution in [0.4, 0.5) is 0 Å². The minimum atomic E-state index is -0.893. The maximum absolute atomic E-state index is 10.6. The van der Waals surface area contributed by atoms with E-state index in [1.807, 2.05) is 0 Å². The van der Waals surface area contributed by atoms with Crippen LogP contribution < -0.4 is 0 Å². The molecule has 90 valence electrons. The third-order valence-electron chi connectivity index (χ3n) is 1.85. The van der Waals surface area contributed by atoms with Crippen LogP contribution in [0, 0.1) is 0 Å². The van der Waals surface area contributed by atoms with E-state index in [0.717, 1.165) is 11.5 Å². The van der Waals surface area contributed by atoms with Gasteiger partial charge in [-0.25, -0.2) is 0 Å². The van der Waals surface area contributed by atoms with Crippen LogP contribution in [-0.4, -0.2) is 52.4 Å². The van der Waals surface area contributed by atoms with Crippen LogP contribution in [0.1, 0.15) is 5.69 Å². The summed E-state index contributed by atoms with van der Waals surface area (Å²) in [5, 5.41) is 12.6. The molecule has 0 fully saturated rings. The minimum absolute atomic E-state index is 0.0722. The van der Waals surface area contributed by atoms with Crippen molar-refractivity contribution in [3.05, 3.63) is 10.0 Å². The molecule has 0 atom stereocenters. The maximum Gasteiger partial charge on any atom is 0.317 e. The minimum Gasteiger partial charge on any atom is -0.480 e. The number of aromatic nitrogens is 2. The van der Waals surface area contributed by atoms with Gasteiger partial charge in [0.2, 0.25) is 0 Å². The van der Waals surface area contributed by atoms with E-state index in [-0.39, 0.29) is 6.54 Å². The highest BCUT2D eigenvalue weighted by Gasteiger charge is 2.14. The first-order valence-corrected chi connectivity index (χ1v) is 5.68. The molecule has 1 heterocycles. The molecule has 0 radical (unpaired) electrons. The number of carboxylic acids is 1. The summed E-state index contributed by atoms with van der Waals surface area (Å²) in [7, 11) is 1.57. The summed E-state index contributed by atoms with van der Waals surface area (Å²) in [5.41, 5.74) is 0.601. The Hall–Kier alpha value is -0.760. The van der Waals surface area contributed by atoms with E-state index in [9.17, 15) is 4.79 Å². The Morgan fingerprint density at radius 1 is 1.69 bits per heavy atom. The normalized spacial score (nSPS) is 10.9. The highest BCUT2D eigenvalue weighted by molar-refractivity contribution is 7.10. The van der Waals surface area contributed by atoms with Gasteiger partial charge in [-0.1, -0.05) is 16.1 Å². The van der Waals surface area contributed by atoms with Crippen LogP contribution in [0.2, 0.25) is 4.34 Å². The molecule has 0 saturated heterocycles. The fourth-order valence-electron chi connectivity index (χ4n) is 1.13. The highest BCUT2D eigenvalue weighted by Crippen LogP contribution is 2.18. The van der Waals surface area contributed by atoms with Crippen LogP contribution >= 0.6 is 23.1 Å². The molecule has 0 aliphatic heterocycles. The van der Waals surface area contributed by atoms with Gasteiger partial charge in [0.05, 0.1) is 13.2 Å². The monoisotopic (exact) mass is 265 g/mol. The zero-order chi connectivity index (χ0) is 12.0. The molecule has 1 N–H and O–H groups in total. The number of nitrogens with zero attached hydrogens (tertiary/aromatic N) is 3. The standard InChI is InChI=1S/C8H12ClN3O3S/c1-15-3-2-12(5-7(13)14)4-6-8(9)16-11-10-6/h2-5H2,1H3,(H,13,14). The Labute approximate surface area is 102 Å². The van der Waals surface area contributed by atoms with Crippen LogP contribution in [-0.2, 0) is 16.1 Å². The third-order valence-corrected chi connectivity index (χ3v) is 2.84. The molecule has 1 rings (SSSR count). The van der Waals surface area contributed by atoms with E-state index in [2.05, 4.69) is 9.59 Å². The molecule has 1 aromatic rings. The molecule has 6 nitrogen and oxygen atoms in total. The van der Waals surface area contributed by atoms with Gasteiger partial charge < -0.3 is 9.84 Å². The van der Waals surface area contributed by atoms with Gasteiger partial charge in [-0.3, -0.25) is 9.69 Å². The lowest BCUT2D eigenvalue weighted by Crippen LogP contribution is -2.32. The summed E-state index contributed by atoms with van der Waals surface area (Å²) in [6.07, 6.45) is 0. The molecule has 0 unspecified atom stereocenters. The number of carboxylic acid groups (broad SMARTS) is 1. The first-order chi connectivity index (χ1) is 7.63. The lowest BCUT2D eigenvalue weighted by atomic mass is 10.4. The first-order valence-electron chi connectivity index (χ1n) is 4.53. The van der Waals surface area contributed by atoms with Gasteiger partial charge in [-0.05, 0) is 0 Å². The summed E-state index contributed by atoms with van der Waals surface area (Å²) < 4.78 is 9.08. The van der Waals surface area contributed by atoms with Crippen molar-refractivity contribution in [1.29, 1.82) is 0 Å². The lowest BCUT2D eigenvalue weighted by Gasteiger charge is -2.18. The molecule has 8 heteroatoms. The molecule has 0 saturated carbocycles. The largest absolute Gasteiger partial charge is 0.480 e. The van der Waals surface area contributed by atoms with Crippen molar-refractivity contribution >= 4 is 29.1 Å². The van der Waals surface area contributed by atoms with E-state index in [1.54, 1.807) is 12.0 Å². The Morgan fingerprint density at radius 2 is 2.44 bits per heavy atom. The van der Waals surface area contributed by atoms with Gasteiger partial charge in [0.25, 0.3) is 0 Å². The van der Waals surface area contributed by atoms with E-state index in [0.29, 0.717) is 29.7 Å². The molecule has 0 aromatic carbocycles. The predicted octanol–water partition coefficient (Wildman–Crippen LogP) is 0.724. The summed E-state index contributed by atoms with van der Waals surface area (Å²) in [6.45, 7) is 1.27. The number of hydrogen-bond donors (Lipinski definition) is 1. The number of methoxy groups -OCH3 is 1. The van der Waals surface area contributed by atoms with Crippen molar-refractivity contribution in [1.82, 2.24) is 14.5 Å². The van der Waals surface area contributed by atoms with Crippen molar-refractivity contribution < 1.29 is 14.6 Å². The van der Waals surface area contributed by atoms with Gasteiger partial charge in [0.15, 0.2) is 0 Å². The molecule has 0 amide bonds. The van der Waals surface area contributed by atoms with Gasteiger partial charge in [-0.2, -0.15) is 0 Å². The fourth-order valence-corrected chi connectivity index (χ4v) is 1.74. The van der Waals surface area contributed by atoms with Gasteiger partial charge in [-0.15, -0.1) is 5.10 Å².